The summed E-state index contributed by atoms with van der Waals surface area (Å²) in [5, 5.41) is 0. The molecule has 2 rings (SSSR count). The van der Waals surface area contributed by atoms with Gasteiger partial charge in [0.2, 0.25) is 0 Å². The molecule has 0 amide bonds. The van der Waals surface area contributed by atoms with Crippen LogP contribution in [0.2, 0.25) is 0 Å². The minimum absolute atomic E-state index is 0.155. The molecule has 2 heteroatoms. The second-order valence-corrected chi connectivity index (χ2v) is 4.90. The van der Waals surface area contributed by atoms with Crippen LogP contribution in [-0.2, 0) is 5.41 Å². The van der Waals surface area contributed by atoms with Crippen LogP contribution in [0.15, 0.2) is 33.1 Å². The molecule has 92 valence electrons. The van der Waals surface area contributed by atoms with Crippen molar-refractivity contribution in [2.45, 2.75) is 46.0 Å². The van der Waals surface area contributed by atoms with E-state index in [0.717, 1.165) is 35.9 Å². The molecule has 0 aliphatic carbocycles. The van der Waals surface area contributed by atoms with Crippen molar-refractivity contribution in [2.24, 2.45) is 0 Å². The van der Waals surface area contributed by atoms with Gasteiger partial charge in [0.05, 0.1) is 5.41 Å². The molecule has 0 saturated carbocycles. The molecular weight excluding hydrogens is 212 g/mol. The van der Waals surface area contributed by atoms with Crippen molar-refractivity contribution >= 4 is 0 Å². The van der Waals surface area contributed by atoms with E-state index >= 15 is 0 Å². The first-order chi connectivity index (χ1) is 8.06. The smallest absolute Gasteiger partial charge is 0.117 e. The van der Waals surface area contributed by atoms with Gasteiger partial charge in [0.1, 0.15) is 23.0 Å². The van der Waals surface area contributed by atoms with E-state index in [0.29, 0.717) is 0 Å². The minimum Gasteiger partial charge on any atom is -0.465 e. The van der Waals surface area contributed by atoms with Crippen molar-refractivity contribution in [3.8, 4) is 0 Å². The maximum absolute atomic E-state index is 5.80. The van der Waals surface area contributed by atoms with E-state index in [4.69, 9.17) is 8.83 Å². The van der Waals surface area contributed by atoms with E-state index in [-0.39, 0.29) is 5.41 Å². The first kappa shape index (κ1) is 12.0. The van der Waals surface area contributed by atoms with Crippen LogP contribution in [0.3, 0.4) is 0 Å². The van der Waals surface area contributed by atoms with Gasteiger partial charge in [-0.25, -0.2) is 0 Å². The zero-order valence-corrected chi connectivity index (χ0v) is 11.0. The van der Waals surface area contributed by atoms with Gasteiger partial charge in [0.15, 0.2) is 0 Å². The highest BCUT2D eigenvalue weighted by Gasteiger charge is 2.34. The number of rotatable bonds is 4. The highest BCUT2D eigenvalue weighted by atomic mass is 16.4. The SMILES string of the molecule is CCCC(C)(c1ccc(C)o1)c1ccc(C)o1. The van der Waals surface area contributed by atoms with E-state index in [9.17, 15) is 0 Å². The zero-order valence-electron chi connectivity index (χ0n) is 11.0. The Morgan fingerprint density at radius 1 is 0.941 bits per heavy atom. The lowest BCUT2D eigenvalue weighted by Gasteiger charge is -2.24. The third kappa shape index (κ3) is 2.17. The Kier molecular flexibility index (Phi) is 3.14. The third-order valence-electron chi connectivity index (χ3n) is 3.32. The van der Waals surface area contributed by atoms with Crippen LogP contribution in [-0.4, -0.2) is 0 Å². The molecular formula is C15H20O2. The van der Waals surface area contributed by atoms with Crippen LogP contribution in [0.5, 0.6) is 0 Å². The summed E-state index contributed by atoms with van der Waals surface area (Å²) >= 11 is 0. The molecule has 2 heterocycles. The molecule has 0 aliphatic rings. The van der Waals surface area contributed by atoms with Gasteiger partial charge in [-0.2, -0.15) is 0 Å². The predicted octanol–water partition coefficient (Wildman–Crippen LogP) is 4.60. The molecule has 2 aromatic heterocycles. The van der Waals surface area contributed by atoms with Crippen molar-refractivity contribution in [1.82, 2.24) is 0 Å². The molecule has 0 aromatic carbocycles. The van der Waals surface area contributed by atoms with Gasteiger partial charge in [-0.1, -0.05) is 13.3 Å². The zero-order chi connectivity index (χ0) is 12.5. The predicted molar refractivity (Wildman–Crippen MR) is 68.3 cm³/mol. The fourth-order valence-electron chi connectivity index (χ4n) is 2.33. The molecule has 0 atom stereocenters. The Morgan fingerprint density at radius 2 is 1.41 bits per heavy atom. The fraction of sp³-hybridized carbons (Fsp3) is 0.467. The monoisotopic (exact) mass is 232 g/mol. The Bertz CT molecular complexity index is 450. The first-order valence-electron chi connectivity index (χ1n) is 6.20. The average molecular weight is 232 g/mol. The van der Waals surface area contributed by atoms with Crippen LogP contribution >= 0.6 is 0 Å². The van der Waals surface area contributed by atoms with Crippen LogP contribution in [0, 0.1) is 13.8 Å². The molecule has 0 aliphatic heterocycles. The quantitative estimate of drug-likeness (QED) is 0.770. The van der Waals surface area contributed by atoms with Crippen molar-refractivity contribution in [1.29, 1.82) is 0 Å². The van der Waals surface area contributed by atoms with Crippen molar-refractivity contribution < 1.29 is 8.83 Å². The fourth-order valence-corrected chi connectivity index (χ4v) is 2.33. The van der Waals surface area contributed by atoms with Crippen LogP contribution in [0.25, 0.3) is 0 Å². The van der Waals surface area contributed by atoms with Gasteiger partial charge in [-0.15, -0.1) is 0 Å². The lowest BCUT2D eigenvalue weighted by molar-refractivity contribution is 0.315. The topological polar surface area (TPSA) is 26.3 Å². The lowest BCUT2D eigenvalue weighted by atomic mass is 9.81. The summed E-state index contributed by atoms with van der Waals surface area (Å²) in [5.74, 6) is 3.88. The molecule has 17 heavy (non-hydrogen) atoms. The Hall–Kier alpha value is -1.44. The molecule has 0 saturated heterocycles. The first-order valence-corrected chi connectivity index (χ1v) is 6.20. The maximum Gasteiger partial charge on any atom is 0.117 e. The van der Waals surface area contributed by atoms with Gasteiger partial charge in [-0.05, 0) is 51.5 Å². The molecule has 0 bridgehead atoms. The van der Waals surface area contributed by atoms with Crippen molar-refractivity contribution in [2.75, 3.05) is 0 Å². The Balaban J connectivity index is 2.45. The normalized spacial score (nSPS) is 12.0. The highest BCUT2D eigenvalue weighted by Crippen LogP contribution is 2.38. The van der Waals surface area contributed by atoms with Gasteiger partial charge in [0.25, 0.3) is 0 Å². The summed E-state index contributed by atoms with van der Waals surface area (Å²) in [7, 11) is 0. The highest BCUT2D eigenvalue weighted by molar-refractivity contribution is 5.28. The second kappa shape index (κ2) is 4.44. The summed E-state index contributed by atoms with van der Waals surface area (Å²) in [6.07, 6.45) is 2.11. The number of hydrogen-bond acceptors (Lipinski definition) is 2. The summed E-state index contributed by atoms with van der Waals surface area (Å²) in [5.41, 5.74) is -0.155. The van der Waals surface area contributed by atoms with E-state index < -0.39 is 0 Å². The maximum atomic E-state index is 5.80. The van der Waals surface area contributed by atoms with Crippen LogP contribution < -0.4 is 0 Å². The molecule has 2 nitrogen and oxygen atoms in total. The van der Waals surface area contributed by atoms with Crippen LogP contribution in [0.1, 0.15) is 49.7 Å². The van der Waals surface area contributed by atoms with Gasteiger partial charge in [-0.3, -0.25) is 0 Å². The molecule has 0 unspecified atom stereocenters. The summed E-state index contributed by atoms with van der Waals surface area (Å²) in [4.78, 5) is 0. The molecule has 2 aromatic rings. The van der Waals surface area contributed by atoms with E-state index in [1.807, 2.05) is 26.0 Å². The minimum atomic E-state index is -0.155. The average Bonchev–Trinajstić information content (AvgIpc) is 2.88. The van der Waals surface area contributed by atoms with Crippen molar-refractivity contribution in [3.63, 3.8) is 0 Å². The number of aryl methyl sites for hydroxylation is 2. The molecule has 0 spiro atoms. The van der Waals surface area contributed by atoms with Gasteiger partial charge in [0, 0.05) is 0 Å². The molecule has 0 fully saturated rings. The number of furan rings is 2. The van der Waals surface area contributed by atoms with E-state index in [1.54, 1.807) is 0 Å². The summed E-state index contributed by atoms with van der Waals surface area (Å²) in [6.45, 7) is 8.32. The van der Waals surface area contributed by atoms with Crippen molar-refractivity contribution in [3.05, 3.63) is 47.3 Å². The van der Waals surface area contributed by atoms with Gasteiger partial charge < -0.3 is 8.83 Å². The lowest BCUT2D eigenvalue weighted by Crippen LogP contribution is -2.22. The third-order valence-corrected chi connectivity index (χ3v) is 3.32. The number of hydrogen-bond donors (Lipinski definition) is 0. The second-order valence-electron chi connectivity index (χ2n) is 4.90. The van der Waals surface area contributed by atoms with E-state index in [1.165, 1.54) is 0 Å². The Morgan fingerprint density at radius 3 is 1.71 bits per heavy atom. The standard InChI is InChI=1S/C15H20O2/c1-5-10-15(4,13-8-6-11(2)16-13)14-9-7-12(3)17-14/h6-9H,5,10H2,1-4H3. The Labute approximate surface area is 103 Å². The summed E-state index contributed by atoms with van der Waals surface area (Å²) < 4.78 is 11.6. The van der Waals surface area contributed by atoms with E-state index in [2.05, 4.69) is 26.0 Å². The van der Waals surface area contributed by atoms with Crippen LogP contribution in [0.4, 0.5) is 0 Å². The molecule has 0 radical (unpaired) electrons. The molecule has 0 N–H and O–H groups in total. The summed E-state index contributed by atoms with van der Waals surface area (Å²) in [6, 6.07) is 8.14. The largest absolute Gasteiger partial charge is 0.465 e. The van der Waals surface area contributed by atoms with Gasteiger partial charge >= 0.3 is 0 Å².